The minimum atomic E-state index is -0.613. The number of piperidine rings is 1. The van der Waals surface area contributed by atoms with Crippen LogP contribution in [0, 0.1) is 11.7 Å². The number of hydrogen-bond acceptors (Lipinski definition) is 5. The van der Waals surface area contributed by atoms with E-state index < -0.39 is 6.09 Å². The van der Waals surface area contributed by atoms with Gasteiger partial charge in [0.25, 0.3) is 0 Å². The van der Waals surface area contributed by atoms with Crippen LogP contribution in [0.2, 0.25) is 0 Å². The zero-order valence-electron chi connectivity index (χ0n) is 18.5. The van der Waals surface area contributed by atoms with Crippen LogP contribution >= 0.6 is 0 Å². The third-order valence-corrected chi connectivity index (χ3v) is 5.31. The van der Waals surface area contributed by atoms with Crippen LogP contribution in [-0.4, -0.2) is 56.2 Å². The number of anilines is 2. The smallest absolute Gasteiger partial charge is 0.411 e. The molecule has 176 valence electrons. The molecule has 2 aromatic carbocycles. The van der Waals surface area contributed by atoms with Crippen LogP contribution in [0.15, 0.2) is 48.5 Å². The Bertz CT molecular complexity index is 967. The molecule has 0 aliphatic carbocycles. The molecule has 1 atom stereocenters. The van der Waals surface area contributed by atoms with Crippen molar-refractivity contribution in [3.63, 3.8) is 0 Å². The third-order valence-electron chi connectivity index (χ3n) is 5.31. The summed E-state index contributed by atoms with van der Waals surface area (Å²) in [6.45, 7) is 1.36. The molecular weight excluding hydrogens is 429 g/mol. The van der Waals surface area contributed by atoms with Crippen LogP contribution in [0.4, 0.5) is 20.6 Å². The van der Waals surface area contributed by atoms with Gasteiger partial charge >= 0.3 is 6.09 Å². The average molecular weight is 458 g/mol. The highest BCUT2D eigenvalue weighted by molar-refractivity contribution is 5.94. The molecule has 2 aromatic rings. The van der Waals surface area contributed by atoms with E-state index in [2.05, 4.69) is 10.6 Å². The van der Waals surface area contributed by atoms with Crippen molar-refractivity contribution in [1.29, 1.82) is 0 Å². The maximum absolute atomic E-state index is 13.1. The summed E-state index contributed by atoms with van der Waals surface area (Å²) in [5.41, 5.74) is 1.75. The second kappa shape index (κ2) is 12.0. The molecule has 8 nitrogen and oxygen atoms in total. The van der Waals surface area contributed by atoms with Gasteiger partial charge in [-0.05, 0) is 48.7 Å². The lowest BCUT2D eigenvalue weighted by atomic mass is 9.96. The Morgan fingerprint density at radius 1 is 1.06 bits per heavy atom. The fourth-order valence-corrected chi connectivity index (χ4v) is 3.60. The zero-order valence-corrected chi connectivity index (χ0v) is 18.5. The van der Waals surface area contributed by atoms with Crippen LogP contribution in [0.5, 0.6) is 0 Å². The van der Waals surface area contributed by atoms with Crippen molar-refractivity contribution in [1.82, 2.24) is 4.90 Å². The van der Waals surface area contributed by atoms with Crippen molar-refractivity contribution in [3.05, 3.63) is 59.9 Å². The number of ether oxygens (including phenoxy) is 2. The molecule has 3 amide bonds. The highest BCUT2D eigenvalue weighted by Gasteiger charge is 2.28. The minimum Gasteiger partial charge on any atom is -0.447 e. The second-order valence-electron chi connectivity index (χ2n) is 7.81. The quantitative estimate of drug-likeness (QED) is 0.592. The van der Waals surface area contributed by atoms with E-state index in [1.165, 1.54) is 19.2 Å². The third kappa shape index (κ3) is 7.57. The summed E-state index contributed by atoms with van der Waals surface area (Å²) in [4.78, 5) is 39.0. The summed E-state index contributed by atoms with van der Waals surface area (Å²) < 4.78 is 22.9. The Hall–Kier alpha value is -3.46. The number of hydrogen-bond donors (Lipinski definition) is 2. The number of likely N-dealkylation sites (tertiary alicyclic amines) is 1. The first-order valence-electron chi connectivity index (χ1n) is 10.8. The lowest BCUT2D eigenvalue weighted by Crippen LogP contribution is -2.44. The van der Waals surface area contributed by atoms with Gasteiger partial charge in [-0.15, -0.1) is 0 Å². The number of methoxy groups -OCH3 is 1. The highest BCUT2D eigenvalue weighted by atomic mass is 19.1. The Balaban J connectivity index is 1.52. The topological polar surface area (TPSA) is 97.0 Å². The van der Waals surface area contributed by atoms with E-state index in [-0.39, 0.29) is 36.6 Å². The van der Waals surface area contributed by atoms with E-state index in [1.807, 2.05) is 0 Å². The molecule has 1 fully saturated rings. The summed E-state index contributed by atoms with van der Waals surface area (Å²) in [5.74, 6) is -0.957. The van der Waals surface area contributed by atoms with E-state index >= 15 is 0 Å². The molecule has 1 aliphatic rings. The summed E-state index contributed by atoms with van der Waals surface area (Å²) in [6.07, 6.45) is 0.957. The van der Waals surface area contributed by atoms with Crippen LogP contribution in [0.3, 0.4) is 0 Å². The van der Waals surface area contributed by atoms with Gasteiger partial charge in [0, 0.05) is 31.6 Å². The van der Waals surface area contributed by atoms with Gasteiger partial charge in [-0.1, -0.05) is 18.2 Å². The van der Waals surface area contributed by atoms with Gasteiger partial charge in [-0.2, -0.15) is 0 Å². The lowest BCUT2D eigenvalue weighted by molar-refractivity contribution is -0.133. The van der Waals surface area contributed by atoms with Crippen LogP contribution in [0.25, 0.3) is 0 Å². The molecule has 0 aromatic heterocycles. The molecule has 3 rings (SSSR count). The van der Waals surface area contributed by atoms with Crippen molar-refractivity contribution < 1.29 is 28.2 Å². The van der Waals surface area contributed by atoms with E-state index in [0.29, 0.717) is 37.5 Å². The van der Waals surface area contributed by atoms with Crippen LogP contribution < -0.4 is 10.6 Å². The maximum Gasteiger partial charge on any atom is 0.411 e. The molecule has 1 heterocycles. The van der Waals surface area contributed by atoms with E-state index in [4.69, 9.17) is 9.47 Å². The summed E-state index contributed by atoms with van der Waals surface area (Å²) in [5, 5.41) is 5.46. The number of carbonyl (C=O) groups excluding carboxylic acids is 3. The van der Waals surface area contributed by atoms with Gasteiger partial charge in [-0.25, -0.2) is 9.18 Å². The maximum atomic E-state index is 13.1. The van der Waals surface area contributed by atoms with Gasteiger partial charge in [0.2, 0.25) is 11.8 Å². The van der Waals surface area contributed by atoms with Crippen LogP contribution in [0.1, 0.15) is 18.4 Å². The first-order chi connectivity index (χ1) is 15.9. The number of carbonyl (C=O) groups is 3. The summed E-state index contributed by atoms with van der Waals surface area (Å²) in [7, 11) is 1.51. The molecule has 2 N–H and O–H groups in total. The molecule has 33 heavy (non-hydrogen) atoms. The van der Waals surface area contributed by atoms with Gasteiger partial charge in [0.15, 0.2) is 0 Å². The molecule has 1 saturated heterocycles. The van der Waals surface area contributed by atoms with Gasteiger partial charge in [-0.3, -0.25) is 14.9 Å². The van der Waals surface area contributed by atoms with Crippen molar-refractivity contribution in [3.8, 4) is 0 Å². The number of nitrogens with one attached hydrogen (secondary N) is 2. The van der Waals surface area contributed by atoms with Crippen molar-refractivity contribution in [2.24, 2.45) is 5.92 Å². The number of rotatable bonds is 8. The van der Waals surface area contributed by atoms with Crippen molar-refractivity contribution in [2.45, 2.75) is 19.3 Å². The number of benzene rings is 2. The molecule has 1 unspecified atom stereocenters. The second-order valence-corrected chi connectivity index (χ2v) is 7.81. The minimum absolute atomic E-state index is 0.0858. The van der Waals surface area contributed by atoms with Crippen molar-refractivity contribution in [2.75, 3.05) is 44.0 Å². The normalized spacial score (nSPS) is 15.6. The Morgan fingerprint density at radius 2 is 1.79 bits per heavy atom. The Labute approximate surface area is 192 Å². The number of amides is 3. The highest BCUT2D eigenvalue weighted by Crippen LogP contribution is 2.21. The lowest BCUT2D eigenvalue weighted by Gasteiger charge is -2.32. The Morgan fingerprint density at radius 3 is 2.52 bits per heavy atom. The van der Waals surface area contributed by atoms with E-state index in [0.717, 1.165) is 12.0 Å². The van der Waals surface area contributed by atoms with E-state index in [9.17, 15) is 18.8 Å². The van der Waals surface area contributed by atoms with Gasteiger partial charge in [0.05, 0.1) is 18.9 Å². The fourth-order valence-electron chi connectivity index (χ4n) is 3.60. The molecule has 0 bridgehead atoms. The van der Waals surface area contributed by atoms with Crippen molar-refractivity contribution >= 4 is 29.3 Å². The molecule has 0 radical (unpaired) electrons. The standard InChI is InChI=1S/C24H28FN3O5/c1-32-12-13-33-24(31)27-21-6-2-5-20(15-21)26-23(30)18-4-3-11-28(16-18)22(29)14-17-7-9-19(25)10-8-17/h2,5-10,15,18H,3-4,11-14,16H2,1H3,(H,26,30)(H,27,31). The number of nitrogens with zero attached hydrogens (tertiary/aromatic N) is 1. The first kappa shape index (κ1) is 24.2. The Kier molecular flexibility index (Phi) is 8.77. The molecule has 1 aliphatic heterocycles. The first-order valence-corrected chi connectivity index (χ1v) is 10.8. The summed E-state index contributed by atoms with van der Waals surface area (Å²) in [6, 6.07) is 12.6. The monoisotopic (exact) mass is 457 g/mol. The molecule has 0 saturated carbocycles. The zero-order chi connectivity index (χ0) is 23.6. The van der Waals surface area contributed by atoms with E-state index in [1.54, 1.807) is 41.3 Å². The van der Waals surface area contributed by atoms with Gasteiger partial charge < -0.3 is 19.7 Å². The fraction of sp³-hybridized carbons (Fsp3) is 0.375. The molecule has 0 spiro atoms. The number of halogens is 1. The predicted molar refractivity (Wildman–Crippen MR) is 121 cm³/mol. The largest absolute Gasteiger partial charge is 0.447 e. The summed E-state index contributed by atoms with van der Waals surface area (Å²) >= 11 is 0. The average Bonchev–Trinajstić information content (AvgIpc) is 2.81. The van der Waals surface area contributed by atoms with Gasteiger partial charge in [0.1, 0.15) is 12.4 Å². The molecular formula is C24H28FN3O5. The predicted octanol–water partition coefficient (Wildman–Crippen LogP) is 3.44. The molecule has 9 heteroatoms. The van der Waals surface area contributed by atoms with Crippen LogP contribution in [-0.2, 0) is 25.5 Å². The SMILES string of the molecule is COCCOC(=O)Nc1cccc(NC(=O)C2CCCN(C(=O)Cc3ccc(F)cc3)C2)c1.